The molecule has 0 aliphatic rings. The lowest BCUT2D eigenvalue weighted by Gasteiger charge is -2.18. The van der Waals surface area contributed by atoms with Crippen LogP contribution >= 0.6 is 0 Å². The van der Waals surface area contributed by atoms with Crippen molar-refractivity contribution in [2.24, 2.45) is 0 Å². The molecular weight excluding hydrogens is 230 g/mol. The maximum Gasteiger partial charge on any atom is 0.237 e. The van der Waals surface area contributed by atoms with Gasteiger partial charge in [0.15, 0.2) is 0 Å². The topological polar surface area (TPSA) is 72.8 Å². The fraction of sp³-hybridized carbons (Fsp3) is 0.333. The highest BCUT2D eigenvalue weighted by atomic mass is 16.5. The minimum absolute atomic E-state index is 0.125. The predicted molar refractivity (Wildman–Crippen MR) is 66.1 cm³/mol. The zero-order valence-corrected chi connectivity index (χ0v) is 10.4. The molecule has 1 N–H and O–H groups in total. The van der Waals surface area contributed by atoms with Crippen molar-refractivity contribution in [3.05, 3.63) is 42.4 Å². The van der Waals surface area contributed by atoms with Crippen LogP contribution in [-0.4, -0.2) is 33.6 Å². The van der Waals surface area contributed by atoms with Gasteiger partial charge >= 0.3 is 0 Å². The highest BCUT2D eigenvalue weighted by Crippen LogP contribution is 2.25. The fourth-order valence-electron chi connectivity index (χ4n) is 1.73. The number of methoxy groups -OCH3 is 1. The van der Waals surface area contributed by atoms with Gasteiger partial charge in [-0.2, -0.15) is 0 Å². The van der Waals surface area contributed by atoms with Gasteiger partial charge in [0.05, 0.1) is 13.2 Å². The molecule has 0 saturated heterocycles. The first-order chi connectivity index (χ1) is 8.86. The maximum atomic E-state index is 5.24. The third kappa shape index (κ3) is 2.60. The maximum absolute atomic E-state index is 5.24. The summed E-state index contributed by atoms with van der Waals surface area (Å²) in [5.74, 6) is 0.507. The molecule has 6 heteroatoms. The largest absolute Gasteiger partial charge is 0.480 e. The van der Waals surface area contributed by atoms with Gasteiger partial charge in [-0.15, -0.1) is 0 Å². The Morgan fingerprint density at radius 2 is 1.94 bits per heavy atom. The van der Waals surface area contributed by atoms with Crippen LogP contribution in [0.3, 0.4) is 0 Å². The summed E-state index contributed by atoms with van der Waals surface area (Å²) in [7, 11) is 1.58. The predicted octanol–water partition coefficient (Wildman–Crippen LogP) is 0.974. The van der Waals surface area contributed by atoms with Crippen LogP contribution in [0.2, 0.25) is 0 Å². The molecule has 1 atom stereocenters. The normalized spacial score (nSPS) is 12.1. The Morgan fingerprint density at radius 1 is 1.22 bits per heavy atom. The number of rotatable bonds is 5. The second kappa shape index (κ2) is 6.02. The van der Waals surface area contributed by atoms with Gasteiger partial charge in [-0.1, -0.05) is 6.92 Å². The van der Waals surface area contributed by atoms with Crippen LogP contribution in [0.1, 0.15) is 24.2 Å². The molecule has 0 amide bonds. The van der Waals surface area contributed by atoms with Crippen molar-refractivity contribution in [1.29, 1.82) is 0 Å². The van der Waals surface area contributed by atoms with Gasteiger partial charge in [0.1, 0.15) is 12.0 Å². The van der Waals surface area contributed by atoms with E-state index in [1.54, 1.807) is 31.9 Å². The van der Waals surface area contributed by atoms with Crippen molar-refractivity contribution in [2.75, 3.05) is 13.7 Å². The van der Waals surface area contributed by atoms with Gasteiger partial charge in [-0.25, -0.2) is 15.0 Å². The second-order valence-electron chi connectivity index (χ2n) is 3.61. The molecule has 2 rings (SSSR count). The van der Waals surface area contributed by atoms with Gasteiger partial charge in [0, 0.05) is 30.4 Å². The summed E-state index contributed by atoms with van der Waals surface area (Å²) in [5, 5.41) is 3.33. The van der Waals surface area contributed by atoms with Gasteiger partial charge in [0.2, 0.25) is 5.88 Å². The van der Waals surface area contributed by atoms with Gasteiger partial charge in [-0.3, -0.25) is 4.98 Å². The quantitative estimate of drug-likeness (QED) is 0.846. The Morgan fingerprint density at radius 3 is 2.61 bits per heavy atom. The third-order valence-electron chi connectivity index (χ3n) is 2.48. The summed E-state index contributed by atoms with van der Waals surface area (Å²) in [4.78, 5) is 16.6. The molecule has 0 aromatic carbocycles. The van der Waals surface area contributed by atoms with E-state index >= 15 is 0 Å². The van der Waals surface area contributed by atoms with Crippen molar-refractivity contribution in [1.82, 2.24) is 25.3 Å². The van der Waals surface area contributed by atoms with Crippen LogP contribution in [0.5, 0.6) is 5.88 Å². The number of aromatic nitrogens is 4. The molecular formula is C12H15N5O. The van der Waals surface area contributed by atoms with Gasteiger partial charge in [0.25, 0.3) is 0 Å². The average molecular weight is 245 g/mol. The molecule has 18 heavy (non-hydrogen) atoms. The standard InChI is InChI=1S/C12H15N5O/c1-3-15-10(9-6-13-8-14-7-9)11-12(18-2)17-5-4-16-11/h4-8,10,15H,3H2,1-2H3. The third-order valence-corrected chi connectivity index (χ3v) is 2.48. The van der Waals surface area contributed by atoms with E-state index in [0.29, 0.717) is 5.88 Å². The van der Waals surface area contributed by atoms with E-state index in [0.717, 1.165) is 17.8 Å². The molecule has 0 bridgehead atoms. The minimum Gasteiger partial charge on any atom is -0.480 e. The molecule has 0 fully saturated rings. The van der Waals surface area contributed by atoms with Crippen molar-refractivity contribution in [3.63, 3.8) is 0 Å². The molecule has 2 heterocycles. The van der Waals surface area contributed by atoms with E-state index < -0.39 is 0 Å². The molecule has 0 aliphatic carbocycles. The molecule has 0 aliphatic heterocycles. The highest BCUT2D eigenvalue weighted by Gasteiger charge is 2.20. The molecule has 6 nitrogen and oxygen atoms in total. The SMILES string of the molecule is CCNC(c1cncnc1)c1nccnc1OC. The van der Waals surface area contributed by atoms with Gasteiger partial charge in [-0.05, 0) is 6.54 Å². The summed E-state index contributed by atoms with van der Waals surface area (Å²) in [6.07, 6.45) is 8.27. The lowest BCUT2D eigenvalue weighted by Crippen LogP contribution is -2.24. The Bertz CT molecular complexity index is 491. The van der Waals surface area contributed by atoms with Crippen LogP contribution in [0.4, 0.5) is 0 Å². The average Bonchev–Trinajstić information content (AvgIpc) is 2.46. The van der Waals surface area contributed by atoms with Crippen molar-refractivity contribution < 1.29 is 4.74 Å². The zero-order chi connectivity index (χ0) is 12.8. The van der Waals surface area contributed by atoms with E-state index in [4.69, 9.17) is 4.74 Å². The summed E-state index contributed by atoms with van der Waals surface area (Å²) >= 11 is 0. The van der Waals surface area contributed by atoms with E-state index in [1.165, 1.54) is 6.33 Å². The van der Waals surface area contributed by atoms with Gasteiger partial charge < -0.3 is 10.1 Å². The number of nitrogens with zero attached hydrogens (tertiary/aromatic N) is 4. The Kier molecular flexibility index (Phi) is 4.14. The Balaban J connectivity index is 2.41. The van der Waals surface area contributed by atoms with E-state index in [-0.39, 0.29) is 6.04 Å². The molecule has 94 valence electrons. The molecule has 0 spiro atoms. The van der Waals surface area contributed by atoms with Crippen molar-refractivity contribution >= 4 is 0 Å². The first-order valence-corrected chi connectivity index (χ1v) is 5.70. The number of ether oxygens (including phenoxy) is 1. The second-order valence-corrected chi connectivity index (χ2v) is 3.61. The molecule has 1 unspecified atom stereocenters. The van der Waals surface area contributed by atoms with Crippen LogP contribution < -0.4 is 10.1 Å². The Labute approximate surface area is 105 Å². The molecule has 2 aromatic heterocycles. The fourth-order valence-corrected chi connectivity index (χ4v) is 1.73. The van der Waals surface area contributed by atoms with Crippen LogP contribution in [0.25, 0.3) is 0 Å². The van der Waals surface area contributed by atoms with Crippen molar-refractivity contribution in [2.45, 2.75) is 13.0 Å². The van der Waals surface area contributed by atoms with Crippen LogP contribution in [0.15, 0.2) is 31.1 Å². The summed E-state index contributed by atoms with van der Waals surface area (Å²) in [5.41, 5.74) is 1.66. The summed E-state index contributed by atoms with van der Waals surface area (Å²) in [6.45, 7) is 2.82. The smallest absolute Gasteiger partial charge is 0.237 e. The summed E-state index contributed by atoms with van der Waals surface area (Å²) < 4.78 is 5.24. The first kappa shape index (κ1) is 12.4. The van der Waals surface area contributed by atoms with Crippen molar-refractivity contribution in [3.8, 4) is 5.88 Å². The van der Waals surface area contributed by atoms with Crippen LogP contribution in [-0.2, 0) is 0 Å². The van der Waals surface area contributed by atoms with E-state index in [9.17, 15) is 0 Å². The highest BCUT2D eigenvalue weighted by molar-refractivity contribution is 5.30. The minimum atomic E-state index is -0.125. The number of hydrogen-bond acceptors (Lipinski definition) is 6. The zero-order valence-electron chi connectivity index (χ0n) is 10.4. The van der Waals surface area contributed by atoms with Crippen LogP contribution in [0, 0.1) is 0 Å². The van der Waals surface area contributed by atoms with E-state index in [1.807, 2.05) is 6.92 Å². The lowest BCUT2D eigenvalue weighted by atomic mass is 10.1. The Hall–Kier alpha value is -2.08. The van der Waals surface area contributed by atoms with E-state index in [2.05, 4.69) is 25.3 Å². The number of hydrogen-bond donors (Lipinski definition) is 1. The number of nitrogens with one attached hydrogen (secondary N) is 1. The molecule has 2 aromatic rings. The summed E-state index contributed by atoms with van der Waals surface area (Å²) in [6, 6.07) is -0.125. The first-order valence-electron chi connectivity index (χ1n) is 5.70. The lowest BCUT2D eigenvalue weighted by molar-refractivity contribution is 0.383. The molecule has 0 radical (unpaired) electrons. The molecule has 0 saturated carbocycles. The monoisotopic (exact) mass is 245 g/mol.